The van der Waals surface area contributed by atoms with Crippen molar-refractivity contribution in [3.63, 3.8) is 0 Å². The van der Waals surface area contributed by atoms with Gasteiger partial charge in [-0.1, -0.05) is 29.8 Å². The zero-order valence-corrected chi connectivity index (χ0v) is 15.1. The van der Waals surface area contributed by atoms with Crippen molar-refractivity contribution in [1.82, 2.24) is 15.2 Å². The Morgan fingerprint density at radius 2 is 2.12 bits per heavy atom. The molecule has 1 atom stereocenters. The molecule has 0 aliphatic carbocycles. The van der Waals surface area contributed by atoms with Crippen molar-refractivity contribution >= 4 is 11.6 Å². The lowest BCUT2D eigenvalue weighted by Crippen LogP contribution is -2.47. The molecule has 1 aromatic heterocycles. The van der Waals surface area contributed by atoms with Gasteiger partial charge in [0.1, 0.15) is 0 Å². The van der Waals surface area contributed by atoms with E-state index in [2.05, 4.69) is 46.4 Å². The molecule has 26 heavy (non-hydrogen) atoms. The number of morpholine rings is 1. The first kappa shape index (κ1) is 18.4. The number of aryl methyl sites for hydroxylation is 1. The predicted molar refractivity (Wildman–Crippen MR) is 102 cm³/mol. The van der Waals surface area contributed by atoms with Crippen LogP contribution in [0.15, 0.2) is 42.6 Å². The van der Waals surface area contributed by atoms with Gasteiger partial charge >= 0.3 is 0 Å². The third-order valence-corrected chi connectivity index (χ3v) is 4.47. The maximum absolute atomic E-state index is 12.1. The average molecular weight is 354 g/mol. The van der Waals surface area contributed by atoms with Crippen LogP contribution in [0.1, 0.15) is 16.8 Å². The number of benzene rings is 1. The van der Waals surface area contributed by atoms with Crippen LogP contribution in [-0.2, 0) is 22.5 Å². The predicted octanol–water partition coefficient (Wildman–Crippen LogP) is 1.53. The molecule has 0 spiro atoms. The zero-order valence-electron chi connectivity index (χ0n) is 15.1. The van der Waals surface area contributed by atoms with Crippen molar-refractivity contribution in [2.45, 2.75) is 26.0 Å². The fourth-order valence-corrected chi connectivity index (χ4v) is 2.99. The molecule has 3 N–H and O–H groups in total. The SMILES string of the molecule is Cc1ccc(CN2CCOC(CNC(=O)Cc3ccc(N)cn3)C2)cc1. The Bertz CT molecular complexity index is 716. The van der Waals surface area contributed by atoms with E-state index < -0.39 is 0 Å². The van der Waals surface area contributed by atoms with E-state index in [9.17, 15) is 4.79 Å². The van der Waals surface area contributed by atoms with Crippen molar-refractivity contribution < 1.29 is 9.53 Å². The van der Waals surface area contributed by atoms with Gasteiger partial charge in [0.2, 0.25) is 5.91 Å². The number of hydrogen-bond acceptors (Lipinski definition) is 5. The van der Waals surface area contributed by atoms with E-state index in [1.165, 1.54) is 11.1 Å². The highest BCUT2D eigenvalue weighted by Crippen LogP contribution is 2.11. The van der Waals surface area contributed by atoms with E-state index in [4.69, 9.17) is 10.5 Å². The number of carbonyl (C=O) groups excluding carboxylic acids is 1. The summed E-state index contributed by atoms with van der Waals surface area (Å²) in [5, 5.41) is 2.95. The Hall–Kier alpha value is -2.44. The van der Waals surface area contributed by atoms with Crippen molar-refractivity contribution in [3.8, 4) is 0 Å². The van der Waals surface area contributed by atoms with Gasteiger partial charge in [-0.25, -0.2) is 0 Å². The van der Waals surface area contributed by atoms with Crippen LogP contribution in [0.4, 0.5) is 5.69 Å². The summed E-state index contributed by atoms with van der Waals surface area (Å²) in [5.74, 6) is -0.0541. The molecule has 2 heterocycles. The lowest BCUT2D eigenvalue weighted by molar-refractivity contribution is -0.121. The molecule has 1 unspecified atom stereocenters. The van der Waals surface area contributed by atoms with Crippen LogP contribution >= 0.6 is 0 Å². The van der Waals surface area contributed by atoms with Crippen LogP contribution in [0.25, 0.3) is 0 Å². The minimum atomic E-state index is -0.0541. The molecule has 1 fully saturated rings. The highest BCUT2D eigenvalue weighted by molar-refractivity contribution is 5.78. The van der Waals surface area contributed by atoms with Crippen LogP contribution in [0.2, 0.25) is 0 Å². The first-order chi connectivity index (χ1) is 12.6. The number of pyridine rings is 1. The Kier molecular flexibility index (Phi) is 6.20. The molecule has 6 nitrogen and oxygen atoms in total. The number of anilines is 1. The third kappa shape index (κ3) is 5.54. The van der Waals surface area contributed by atoms with Gasteiger partial charge in [0.15, 0.2) is 0 Å². The van der Waals surface area contributed by atoms with Gasteiger partial charge in [-0.2, -0.15) is 0 Å². The van der Waals surface area contributed by atoms with Crippen LogP contribution < -0.4 is 11.1 Å². The van der Waals surface area contributed by atoms with E-state index in [0.29, 0.717) is 24.5 Å². The first-order valence-corrected chi connectivity index (χ1v) is 8.95. The first-order valence-electron chi connectivity index (χ1n) is 8.95. The molecule has 1 amide bonds. The number of carbonyl (C=O) groups is 1. The summed E-state index contributed by atoms with van der Waals surface area (Å²) in [6.07, 6.45) is 1.83. The molecule has 2 aromatic rings. The van der Waals surface area contributed by atoms with Crippen molar-refractivity contribution in [2.24, 2.45) is 0 Å². The molecule has 0 radical (unpaired) electrons. The molecule has 138 valence electrons. The number of aromatic nitrogens is 1. The van der Waals surface area contributed by atoms with Gasteiger partial charge in [0.25, 0.3) is 0 Å². The molecule has 1 saturated heterocycles. The molecule has 6 heteroatoms. The van der Waals surface area contributed by atoms with Gasteiger partial charge in [-0.15, -0.1) is 0 Å². The Morgan fingerprint density at radius 1 is 1.31 bits per heavy atom. The molecule has 1 aliphatic heterocycles. The summed E-state index contributed by atoms with van der Waals surface area (Å²) in [5.41, 5.74) is 9.48. The number of rotatable bonds is 6. The summed E-state index contributed by atoms with van der Waals surface area (Å²) < 4.78 is 5.79. The van der Waals surface area contributed by atoms with E-state index in [-0.39, 0.29) is 18.4 Å². The van der Waals surface area contributed by atoms with Crippen molar-refractivity contribution in [3.05, 3.63) is 59.4 Å². The molecule has 1 aliphatic rings. The number of amides is 1. The van der Waals surface area contributed by atoms with Crippen molar-refractivity contribution in [1.29, 1.82) is 0 Å². The van der Waals surface area contributed by atoms with Gasteiger partial charge in [0.05, 0.1) is 31.0 Å². The Labute approximate surface area is 154 Å². The zero-order chi connectivity index (χ0) is 18.4. The minimum Gasteiger partial charge on any atom is -0.397 e. The highest BCUT2D eigenvalue weighted by Gasteiger charge is 2.21. The van der Waals surface area contributed by atoms with E-state index in [1.54, 1.807) is 18.3 Å². The van der Waals surface area contributed by atoms with Crippen molar-refractivity contribution in [2.75, 3.05) is 32.0 Å². The van der Waals surface area contributed by atoms with Gasteiger partial charge in [0, 0.05) is 31.9 Å². The normalized spacial score (nSPS) is 17.8. The number of hydrogen-bond donors (Lipinski definition) is 2. The van der Waals surface area contributed by atoms with Gasteiger partial charge in [-0.3, -0.25) is 14.7 Å². The molecule has 0 bridgehead atoms. The van der Waals surface area contributed by atoms with E-state index >= 15 is 0 Å². The smallest absolute Gasteiger partial charge is 0.226 e. The molecule has 3 rings (SSSR count). The maximum atomic E-state index is 12.1. The lowest BCUT2D eigenvalue weighted by Gasteiger charge is -2.33. The Morgan fingerprint density at radius 3 is 2.85 bits per heavy atom. The topological polar surface area (TPSA) is 80.5 Å². The number of nitrogens with zero attached hydrogens (tertiary/aromatic N) is 2. The Balaban J connectivity index is 1.43. The largest absolute Gasteiger partial charge is 0.397 e. The van der Waals surface area contributed by atoms with E-state index in [1.807, 2.05) is 0 Å². The summed E-state index contributed by atoms with van der Waals surface area (Å²) in [6.45, 7) is 5.92. The second-order valence-corrected chi connectivity index (χ2v) is 6.78. The second-order valence-electron chi connectivity index (χ2n) is 6.78. The fourth-order valence-electron chi connectivity index (χ4n) is 2.99. The third-order valence-electron chi connectivity index (χ3n) is 4.47. The molecule has 1 aromatic carbocycles. The molecular weight excluding hydrogens is 328 g/mol. The van der Waals surface area contributed by atoms with E-state index in [0.717, 1.165) is 19.6 Å². The highest BCUT2D eigenvalue weighted by atomic mass is 16.5. The van der Waals surface area contributed by atoms with Gasteiger partial charge in [-0.05, 0) is 24.6 Å². The summed E-state index contributed by atoms with van der Waals surface area (Å²) >= 11 is 0. The maximum Gasteiger partial charge on any atom is 0.226 e. The van der Waals surface area contributed by atoms with Crippen LogP contribution in [0.3, 0.4) is 0 Å². The fraction of sp³-hybridized carbons (Fsp3) is 0.400. The van der Waals surface area contributed by atoms with Gasteiger partial charge < -0.3 is 15.8 Å². The second kappa shape index (κ2) is 8.78. The van der Waals surface area contributed by atoms with Crippen LogP contribution in [0, 0.1) is 6.92 Å². The van der Waals surface area contributed by atoms with Crippen LogP contribution in [-0.4, -0.2) is 48.1 Å². The standard InChI is InChI=1S/C20H26N4O2/c1-15-2-4-16(5-3-15)13-24-8-9-26-19(14-24)12-23-20(25)10-18-7-6-17(21)11-22-18/h2-7,11,19H,8-10,12-14,21H2,1H3,(H,23,25). The quantitative estimate of drug-likeness (QED) is 0.822. The number of nitrogens with one attached hydrogen (secondary N) is 1. The minimum absolute atomic E-state index is 0.0116. The summed E-state index contributed by atoms with van der Waals surface area (Å²) in [6, 6.07) is 12.1. The number of ether oxygens (including phenoxy) is 1. The number of nitrogen functional groups attached to an aromatic ring is 1. The number of nitrogens with two attached hydrogens (primary N) is 1. The lowest BCUT2D eigenvalue weighted by atomic mass is 10.1. The summed E-state index contributed by atoms with van der Waals surface area (Å²) in [4.78, 5) is 18.6. The summed E-state index contributed by atoms with van der Waals surface area (Å²) in [7, 11) is 0. The monoisotopic (exact) mass is 354 g/mol. The molecular formula is C20H26N4O2. The average Bonchev–Trinajstić information content (AvgIpc) is 2.64. The molecule has 0 saturated carbocycles. The van der Waals surface area contributed by atoms with Crippen LogP contribution in [0.5, 0.6) is 0 Å².